The van der Waals surface area contributed by atoms with Crippen LogP contribution in [0.3, 0.4) is 0 Å². The molecule has 2 rings (SSSR count). The molecule has 0 saturated heterocycles. The monoisotopic (exact) mass is 345 g/mol. The van der Waals surface area contributed by atoms with Gasteiger partial charge in [-0.1, -0.05) is 35.3 Å². The van der Waals surface area contributed by atoms with Crippen LogP contribution in [-0.4, -0.2) is 5.91 Å². The van der Waals surface area contributed by atoms with E-state index in [1.165, 1.54) is 12.3 Å². The highest BCUT2D eigenvalue weighted by atomic mass is 35.5. The van der Waals surface area contributed by atoms with Gasteiger partial charge in [0, 0.05) is 16.9 Å². The summed E-state index contributed by atoms with van der Waals surface area (Å²) < 4.78 is 0. The minimum absolute atomic E-state index is 0.0810. The average Bonchev–Trinajstić information content (AvgIpc) is 2.51. The zero-order valence-electron chi connectivity index (χ0n) is 12.2. The summed E-state index contributed by atoms with van der Waals surface area (Å²) in [5.41, 5.74) is 2.12. The Hall–Kier alpha value is -2.48. The summed E-state index contributed by atoms with van der Waals surface area (Å²) in [7, 11) is 0. The van der Waals surface area contributed by atoms with Crippen LogP contribution in [0, 0.1) is 18.3 Å². The van der Waals surface area contributed by atoms with Crippen LogP contribution in [0.15, 0.2) is 54.2 Å². The van der Waals surface area contributed by atoms with Gasteiger partial charge in [-0.2, -0.15) is 5.26 Å². The van der Waals surface area contributed by atoms with Crippen LogP contribution in [-0.2, 0) is 4.79 Å². The van der Waals surface area contributed by atoms with Gasteiger partial charge in [0.15, 0.2) is 0 Å². The second kappa shape index (κ2) is 7.68. The number of rotatable bonds is 4. The summed E-state index contributed by atoms with van der Waals surface area (Å²) in [5.74, 6) is -0.572. The highest BCUT2D eigenvalue weighted by molar-refractivity contribution is 6.35. The topological polar surface area (TPSA) is 64.9 Å². The van der Waals surface area contributed by atoms with Crippen LogP contribution >= 0.6 is 23.2 Å². The van der Waals surface area contributed by atoms with E-state index in [-0.39, 0.29) is 5.57 Å². The van der Waals surface area contributed by atoms with E-state index in [1.54, 1.807) is 12.1 Å². The zero-order chi connectivity index (χ0) is 16.8. The number of amides is 1. The van der Waals surface area contributed by atoms with Crippen LogP contribution in [0.5, 0.6) is 0 Å². The molecule has 0 aromatic heterocycles. The number of aryl methyl sites for hydroxylation is 1. The van der Waals surface area contributed by atoms with Gasteiger partial charge in [0.25, 0.3) is 5.91 Å². The molecule has 0 spiro atoms. The fourth-order valence-electron chi connectivity index (χ4n) is 1.82. The molecule has 0 fully saturated rings. The molecule has 1 amide bonds. The third-order valence-corrected chi connectivity index (χ3v) is 3.51. The highest BCUT2D eigenvalue weighted by Crippen LogP contribution is 2.25. The van der Waals surface area contributed by atoms with E-state index in [0.717, 1.165) is 11.3 Å². The second-order valence-electron chi connectivity index (χ2n) is 4.76. The number of nitriles is 1. The number of halogens is 2. The molecule has 6 heteroatoms. The first-order valence-corrected chi connectivity index (χ1v) is 7.45. The Labute approximate surface area is 144 Å². The van der Waals surface area contributed by atoms with Gasteiger partial charge in [-0.15, -0.1) is 0 Å². The Balaban J connectivity index is 2.14. The van der Waals surface area contributed by atoms with Crippen molar-refractivity contribution in [1.29, 1.82) is 5.26 Å². The van der Waals surface area contributed by atoms with Crippen molar-refractivity contribution in [2.45, 2.75) is 6.92 Å². The van der Waals surface area contributed by atoms with Gasteiger partial charge < -0.3 is 10.6 Å². The maximum Gasteiger partial charge on any atom is 0.267 e. The molecular formula is C17H13Cl2N3O. The van der Waals surface area contributed by atoms with Crippen LogP contribution in [0.25, 0.3) is 0 Å². The summed E-state index contributed by atoms with van der Waals surface area (Å²) in [6.07, 6.45) is 1.35. The van der Waals surface area contributed by atoms with Crippen molar-refractivity contribution in [2.75, 3.05) is 10.6 Å². The molecule has 0 bridgehead atoms. The molecule has 116 valence electrons. The summed E-state index contributed by atoms with van der Waals surface area (Å²) in [4.78, 5) is 12.2. The molecule has 2 N–H and O–H groups in total. The fraction of sp³-hybridized carbons (Fsp3) is 0.0588. The Morgan fingerprint density at radius 2 is 2.00 bits per heavy atom. The summed E-state index contributed by atoms with van der Waals surface area (Å²) >= 11 is 11.9. The number of nitrogens with zero attached hydrogens (tertiary/aromatic N) is 1. The predicted molar refractivity (Wildman–Crippen MR) is 93.6 cm³/mol. The molecular weight excluding hydrogens is 333 g/mol. The van der Waals surface area contributed by atoms with E-state index in [2.05, 4.69) is 10.6 Å². The third kappa shape index (κ3) is 4.75. The van der Waals surface area contributed by atoms with Crippen molar-refractivity contribution >= 4 is 40.5 Å². The van der Waals surface area contributed by atoms with Crippen molar-refractivity contribution in [2.24, 2.45) is 0 Å². The first-order chi connectivity index (χ1) is 11.0. The lowest BCUT2D eigenvalue weighted by Gasteiger charge is -2.07. The molecule has 2 aromatic carbocycles. The van der Waals surface area contributed by atoms with Crippen molar-refractivity contribution in [3.63, 3.8) is 0 Å². The Bertz CT molecular complexity index is 810. The molecule has 4 nitrogen and oxygen atoms in total. The number of anilines is 2. The largest absolute Gasteiger partial charge is 0.360 e. The maximum absolute atomic E-state index is 12.2. The number of benzene rings is 2. The number of nitrogens with one attached hydrogen (secondary N) is 2. The van der Waals surface area contributed by atoms with E-state index in [9.17, 15) is 4.79 Å². The van der Waals surface area contributed by atoms with Gasteiger partial charge >= 0.3 is 0 Å². The SMILES string of the molecule is Cc1cccc(N/C=C(/C#N)C(=O)Nc2cc(Cl)ccc2Cl)c1. The van der Waals surface area contributed by atoms with E-state index in [4.69, 9.17) is 28.5 Å². The van der Waals surface area contributed by atoms with Crippen LogP contribution < -0.4 is 10.6 Å². The Morgan fingerprint density at radius 1 is 1.22 bits per heavy atom. The highest BCUT2D eigenvalue weighted by Gasteiger charge is 2.11. The number of carbonyl (C=O) groups excluding carboxylic acids is 1. The van der Waals surface area contributed by atoms with Gasteiger partial charge in [-0.3, -0.25) is 4.79 Å². The van der Waals surface area contributed by atoms with Gasteiger partial charge in [0.2, 0.25) is 0 Å². The quantitative estimate of drug-likeness (QED) is 0.620. The minimum Gasteiger partial charge on any atom is -0.360 e. The Morgan fingerprint density at radius 3 is 2.70 bits per heavy atom. The van der Waals surface area contributed by atoms with Crippen LogP contribution in [0.2, 0.25) is 10.0 Å². The zero-order valence-corrected chi connectivity index (χ0v) is 13.7. The first kappa shape index (κ1) is 16.9. The summed E-state index contributed by atoms with van der Waals surface area (Å²) in [5, 5.41) is 15.4. The minimum atomic E-state index is -0.572. The molecule has 23 heavy (non-hydrogen) atoms. The summed E-state index contributed by atoms with van der Waals surface area (Å²) in [6, 6.07) is 14.1. The van der Waals surface area contributed by atoms with E-state index in [0.29, 0.717) is 15.7 Å². The lowest BCUT2D eigenvalue weighted by atomic mass is 10.2. The smallest absolute Gasteiger partial charge is 0.267 e. The molecule has 0 aliphatic rings. The van der Waals surface area contributed by atoms with Gasteiger partial charge in [-0.25, -0.2) is 0 Å². The Kier molecular flexibility index (Phi) is 5.64. The van der Waals surface area contributed by atoms with Gasteiger partial charge in [0.1, 0.15) is 11.6 Å². The number of hydrogen-bond acceptors (Lipinski definition) is 3. The number of carbonyl (C=O) groups is 1. The van der Waals surface area contributed by atoms with Gasteiger partial charge in [-0.05, 0) is 42.8 Å². The van der Waals surface area contributed by atoms with Crippen molar-refractivity contribution in [3.8, 4) is 6.07 Å². The molecule has 2 aromatic rings. The maximum atomic E-state index is 12.2. The van der Waals surface area contributed by atoms with E-state index in [1.807, 2.05) is 37.3 Å². The van der Waals surface area contributed by atoms with Crippen molar-refractivity contribution in [1.82, 2.24) is 0 Å². The molecule has 0 aliphatic heterocycles. The molecule has 0 saturated carbocycles. The summed E-state index contributed by atoms with van der Waals surface area (Å²) in [6.45, 7) is 1.95. The standard InChI is InChI=1S/C17H13Cl2N3O/c1-11-3-2-4-14(7-11)21-10-12(9-20)17(23)22-16-8-13(18)5-6-15(16)19/h2-8,10,21H,1H3,(H,22,23)/b12-10-. The normalized spacial score (nSPS) is 10.8. The lowest BCUT2D eigenvalue weighted by molar-refractivity contribution is -0.112. The van der Waals surface area contributed by atoms with Crippen LogP contribution in [0.4, 0.5) is 11.4 Å². The lowest BCUT2D eigenvalue weighted by Crippen LogP contribution is -2.14. The molecule has 0 heterocycles. The molecule has 0 atom stereocenters. The van der Waals surface area contributed by atoms with Crippen molar-refractivity contribution in [3.05, 3.63) is 69.8 Å². The van der Waals surface area contributed by atoms with E-state index >= 15 is 0 Å². The second-order valence-corrected chi connectivity index (χ2v) is 5.61. The van der Waals surface area contributed by atoms with E-state index < -0.39 is 5.91 Å². The van der Waals surface area contributed by atoms with Crippen LogP contribution in [0.1, 0.15) is 5.56 Å². The third-order valence-electron chi connectivity index (χ3n) is 2.94. The number of hydrogen-bond donors (Lipinski definition) is 2. The van der Waals surface area contributed by atoms with Gasteiger partial charge in [0.05, 0.1) is 10.7 Å². The molecule has 0 aliphatic carbocycles. The average molecular weight is 346 g/mol. The fourth-order valence-corrected chi connectivity index (χ4v) is 2.16. The predicted octanol–water partition coefficient (Wildman–Crippen LogP) is 4.76. The van der Waals surface area contributed by atoms with Crippen molar-refractivity contribution < 1.29 is 4.79 Å². The first-order valence-electron chi connectivity index (χ1n) is 6.69. The molecule has 0 radical (unpaired) electrons. The molecule has 0 unspecified atom stereocenters.